The van der Waals surface area contributed by atoms with Gasteiger partial charge in [-0.05, 0) is 92.1 Å². The van der Waals surface area contributed by atoms with Crippen molar-refractivity contribution in [2.24, 2.45) is 23.5 Å². The van der Waals surface area contributed by atoms with Gasteiger partial charge < -0.3 is 10.6 Å². The van der Waals surface area contributed by atoms with Crippen molar-refractivity contribution in [3.05, 3.63) is 71.3 Å². The van der Waals surface area contributed by atoms with Gasteiger partial charge >= 0.3 is 0 Å². The van der Waals surface area contributed by atoms with E-state index in [1.807, 2.05) is 18.2 Å². The Kier molecular flexibility index (Phi) is 6.77. The number of nitrogens with zero attached hydrogens (tertiary/aromatic N) is 2. The summed E-state index contributed by atoms with van der Waals surface area (Å²) in [5, 5.41) is 0. The maximum Gasteiger partial charge on any atom is 0.238 e. The third-order valence-electron chi connectivity index (χ3n) is 10.4. The van der Waals surface area contributed by atoms with Gasteiger partial charge in [0.2, 0.25) is 11.8 Å². The van der Waals surface area contributed by atoms with Crippen LogP contribution in [0.3, 0.4) is 0 Å². The summed E-state index contributed by atoms with van der Waals surface area (Å²) < 4.78 is 0. The van der Waals surface area contributed by atoms with Crippen LogP contribution in [0.1, 0.15) is 61.6 Å². The lowest BCUT2D eigenvalue weighted by Crippen LogP contribution is -2.41. The topological polar surface area (TPSA) is 90.7 Å². The summed E-state index contributed by atoms with van der Waals surface area (Å²) >= 11 is 0. The van der Waals surface area contributed by atoms with Crippen LogP contribution in [0.4, 0.5) is 5.69 Å². The Morgan fingerprint density at radius 3 is 2.62 bits per heavy atom. The SMILES string of the molecule is NC(=O)CN1C(=O)[C@@]2(CC2C2CCC3C(/C=C/c4ccc(CN5CCCCC5)cc4)NNC3C2)c2ccccc21. The number of fused-ring (bicyclic) bond motifs is 3. The molecule has 2 aromatic rings. The molecule has 7 rings (SSSR count). The molecule has 5 aliphatic rings. The molecule has 3 heterocycles. The summed E-state index contributed by atoms with van der Waals surface area (Å²) in [5.41, 5.74) is 16.8. The normalized spacial score (nSPS) is 33.5. The Hall–Kier alpha value is -3.00. The van der Waals surface area contributed by atoms with E-state index in [0.717, 1.165) is 43.5 Å². The zero-order valence-corrected chi connectivity index (χ0v) is 23.2. The van der Waals surface area contributed by atoms with E-state index in [-0.39, 0.29) is 12.5 Å². The molecule has 4 N–H and O–H groups in total. The molecule has 2 aromatic carbocycles. The number of hydrogen-bond acceptors (Lipinski definition) is 5. The van der Waals surface area contributed by atoms with Gasteiger partial charge in [-0.3, -0.25) is 25.3 Å². The first-order valence-corrected chi connectivity index (χ1v) is 15.2. The molecule has 0 bridgehead atoms. The van der Waals surface area contributed by atoms with E-state index in [1.165, 1.54) is 43.5 Å². The first-order valence-electron chi connectivity index (χ1n) is 15.2. The molecule has 7 nitrogen and oxygen atoms in total. The van der Waals surface area contributed by atoms with Gasteiger partial charge in [-0.25, -0.2) is 0 Å². The van der Waals surface area contributed by atoms with E-state index < -0.39 is 11.3 Å². The lowest BCUT2D eigenvalue weighted by molar-refractivity contribution is -0.123. The number of likely N-dealkylation sites (tertiary alicyclic amines) is 1. The molecule has 3 aliphatic heterocycles. The predicted molar refractivity (Wildman–Crippen MR) is 157 cm³/mol. The molecule has 210 valence electrons. The van der Waals surface area contributed by atoms with Crippen molar-refractivity contribution in [2.45, 2.75) is 69.0 Å². The number of nitrogens with two attached hydrogens (primary N) is 1. The quantitative estimate of drug-likeness (QED) is 0.499. The number of amides is 2. The van der Waals surface area contributed by atoms with Gasteiger partial charge in [0.05, 0.1) is 5.41 Å². The fourth-order valence-electron chi connectivity index (χ4n) is 8.29. The number of piperidine rings is 1. The van der Waals surface area contributed by atoms with Gasteiger partial charge in [0.15, 0.2) is 0 Å². The molecule has 2 aliphatic carbocycles. The second kappa shape index (κ2) is 10.4. The lowest BCUT2D eigenvalue weighted by atomic mass is 9.73. The fourth-order valence-corrected chi connectivity index (χ4v) is 8.29. The number of carbonyl (C=O) groups excluding carboxylic acids is 2. The molecule has 5 unspecified atom stereocenters. The number of primary amides is 1. The Morgan fingerprint density at radius 2 is 1.82 bits per heavy atom. The van der Waals surface area contributed by atoms with Crippen LogP contribution in [0.5, 0.6) is 0 Å². The standard InChI is InChI=1S/C33H41N5O2/c34-31(39)21-38-30-7-3-2-6-26(30)33(32(38)40)19-27(33)24-13-14-25-28(35-36-29(25)18-24)15-12-22-8-10-23(11-9-22)20-37-16-4-1-5-17-37/h2-3,6-12,15,24-25,27-29,35-36H,1,4-5,13-14,16-21H2,(H2,34,39)/b15-12+/t24?,25?,27?,28?,29?,33-/m0/s1. The van der Waals surface area contributed by atoms with Gasteiger partial charge in [-0.15, -0.1) is 0 Å². The zero-order valence-electron chi connectivity index (χ0n) is 23.2. The highest BCUT2D eigenvalue weighted by Gasteiger charge is 2.68. The van der Waals surface area contributed by atoms with Crippen molar-refractivity contribution >= 4 is 23.6 Å². The minimum atomic E-state index is -0.466. The Balaban J connectivity index is 0.973. The molecule has 1 spiro atoms. The molecule has 2 saturated heterocycles. The summed E-state index contributed by atoms with van der Waals surface area (Å²) in [4.78, 5) is 29.5. The monoisotopic (exact) mass is 539 g/mol. The smallest absolute Gasteiger partial charge is 0.238 e. The van der Waals surface area contributed by atoms with E-state index in [2.05, 4.69) is 58.2 Å². The zero-order chi connectivity index (χ0) is 27.3. The highest BCUT2D eigenvalue weighted by molar-refractivity contribution is 6.12. The Morgan fingerprint density at radius 1 is 1.02 bits per heavy atom. The predicted octanol–water partition coefficient (Wildman–Crippen LogP) is 3.74. The summed E-state index contributed by atoms with van der Waals surface area (Å²) in [6.07, 6.45) is 12.9. The number of para-hydroxylation sites is 1. The molecule has 0 aromatic heterocycles. The number of hydrazine groups is 1. The van der Waals surface area contributed by atoms with E-state index in [1.54, 1.807) is 4.90 Å². The maximum atomic E-state index is 13.6. The van der Waals surface area contributed by atoms with E-state index in [0.29, 0.717) is 29.8 Å². The van der Waals surface area contributed by atoms with Crippen molar-refractivity contribution in [3.63, 3.8) is 0 Å². The molecule has 40 heavy (non-hydrogen) atoms. The Labute approximate surface area is 237 Å². The third kappa shape index (κ3) is 4.58. The van der Waals surface area contributed by atoms with Crippen LogP contribution in [0.2, 0.25) is 0 Å². The second-order valence-corrected chi connectivity index (χ2v) is 12.8. The fraction of sp³-hybridized carbons (Fsp3) is 0.515. The maximum absolute atomic E-state index is 13.6. The highest BCUT2D eigenvalue weighted by atomic mass is 16.2. The summed E-state index contributed by atoms with van der Waals surface area (Å²) in [7, 11) is 0. The van der Waals surface area contributed by atoms with E-state index >= 15 is 0 Å². The summed E-state index contributed by atoms with van der Waals surface area (Å²) in [6, 6.07) is 17.8. The average molecular weight is 540 g/mol. The van der Waals surface area contributed by atoms with Gasteiger partial charge in [0.1, 0.15) is 6.54 Å². The molecule has 2 amide bonds. The second-order valence-electron chi connectivity index (χ2n) is 12.8. The molecule has 6 atom stereocenters. The number of nitrogens with one attached hydrogen (secondary N) is 2. The molecule has 0 radical (unpaired) electrons. The minimum Gasteiger partial charge on any atom is -0.368 e. The van der Waals surface area contributed by atoms with Crippen molar-refractivity contribution in [3.8, 4) is 0 Å². The van der Waals surface area contributed by atoms with Crippen molar-refractivity contribution in [2.75, 3.05) is 24.5 Å². The van der Waals surface area contributed by atoms with Crippen LogP contribution in [-0.4, -0.2) is 48.4 Å². The number of carbonyl (C=O) groups is 2. The van der Waals surface area contributed by atoms with Crippen LogP contribution in [-0.2, 0) is 21.5 Å². The van der Waals surface area contributed by atoms with Crippen LogP contribution in [0.15, 0.2) is 54.6 Å². The molecule has 7 heteroatoms. The van der Waals surface area contributed by atoms with E-state index in [9.17, 15) is 9.59 Å². The largest absolute Gasteiger partial charge is 0.368 e. The number of rotatable bonds is 7. The number of benzene rings is 2. The average Bonchev–Trinajstić information content (AvgIpc) is 3.54. The minimum absolute atomic E-state index is 0.0413. The van der Waals surface area contributed by atoms with E-state index in [4.69, 9.17) is 5.73 Å². The van der Waals surface area contributed by atoms with Crippen LogP contribution in [0.25, 0.3) is 6.08 Å². The van der Waals surface area contributed by atoms with Gasteiger partial charge in [-0.2, -0.15) is 0 Å². The van der Waals surface area contributed by atoms with Gasteiger partial charge in [0.25, 0.3) is 0 Å². The molecule has 4 fully saturated rings. The summed E-state index contributed by atoms with van der Waals surface area (Å²) in [6.45, 7) is 3.47. The van der Waals surface area contributed by atoms with Crippen molar-refractivity contribution in [1.29, 1.82) is 0 Å². The molecular formula is C33H41N5O2. The number of hydrogen-bond donors (Lipinski definition) is 3. The van der Waals surface area contributed by atoms with Crippen molar-refractivity contribution in [1.82, 2.24) is 15.8 Å². The van der Waals surface area contributed by atoms with Gasteiger partial charge in [-0.1, -0.05) is 61.0 Å². The highest BCUT2D eigenvalue weighted by Crippen LogP contribution is 2.66. The van der Waals surface area contributed by atoms with Gasteiger partial charge in [0, 0.05) is 24.3 Å². The van der Waals surface area contributed by atoms with Crippen LogP contribution in [0, 0.1) is 17.8 Å². The summed E-state index contributed by atoms with van der Waals surface area (Å²) in [5.74, 6) is 0.987. The molecule has 2 saturated carbocycles. The van der Waals surface area contributed by atoms with Crippen molar-refractivity contribution < 1.29 is 9.59 Å². The van der Waals surface area contributed by atoms with Crippen LogP contribution >= 0.6 is 0 Å². The molecular weight excluding hydrogens is 498 g/mol. The lowest BCUT2D eigenvalue weighted by Gasteiger charge is -2.33. The third-order valence-corrected chi connectivity index (χ3v) is 10.4. The number of anilines is 1. The Bertz CT molecular complexity index is 1300. The van der Waals surface area contributed by atoms with Crippen LogP contribution < -0.4 is 21.5 Å². The first kappa shape index (κ1) is 25.9. The first-order chi connectivity index (χ1) is 19.5.